The van der Waals surface area contributed by atoms with Gasteiger partial charge >= 0.3 is 0 Å². The van der Waals surface area contributed by atoms with Crippen molar-refractivity contribution in [2.45, 2.75) is 18.7 Å². The van der Waals surface area contributed by atoms with Gasteiger partial charge in [-0.25, -0.2) is 8.42 Å². The molecule has 1 aliphatic rings. The van der Waals surface area contributed by atoms with Crippen molar-refractivity contribution in [2.24, 2.45) is 5.92 Å². The van der Waals surface area contributed by atoms with Crippen molar-refractivity contribution in [1.82, 2.24) is 10.2 Å². The van der Waals surface area contributed by atoms with Crippen LogP contribution < -0.4 is 18.9 Å². The minimum atomic E-state index is -3.77. The maximum absolute atomic E-state index is 12.7. The maximum Gasteiger partial charge on any atom is 0.262 e. The summed E-state index contributed by atoms with van der Waals surface area (Å²) in [6.45, 7) is 5.53. The summed E-state index contributed by atoms with van der Waals surface area (Å²) < 4.78 is 44.5. The van der Waals surface area contributed by atoms with Crippen molar-refractivity contribution in [3.8, 4) is 28.6 Å². The molecule has 4 rings (SSSR count). The van der Waals surface area contributed by atoms with Crippen LogP contribution in [0.15, 0.2) is 59.5 Å². The molecule has 0 fully saturated rings. The van der Waals surface area contributed by atoms with E-state index >= 15 is 0 Å². The first-order valence-electron chi connectivity index (χ1n) is 9.90. The van der Waals surface area contributed by atoms with Gasteiger partial charge in [-0.05, 0) is 36.2 Å². The molecular formula is C22H23N3O5S. The van der Waals surface area contributed by atoms with Crippen LogP contribution in [-0.4, -0.2) is 38.4 Å². The van der Waals surface area contributed by atoms with E-state index in [9.17, 15) is 8.42 Å². The zero-order valence-electron chi connectivity index (χ0n) is 17.2. The number of ether oxygens (including phenoxy) is 3. The molecule has 0 spiro atoms. The lowest BCUT2D eigenvalue weighted by atomic mass is 10.1. The predicted molar refractivity (Wildman–Crippen MR) is 116 cm³/mol. The van der Waals surface area contributed by atoms with E-state index in [1.807, 2.05) is 6.07 Å². The van der Waals surface area contributed by atoms with Gasteiger partial charge in [0.05, 0.1) is 17.2 Å². The van der Waals surface area contributed by atoms with Crippen molar-refractivity contribution < 1.29 is 22.6 Å². The van der Waals surface area contributed by atoms with E-state index in [4.69, 9.17) is 14.2 Å². The fourth-order valence-electron chi connectivity index (χ4n) is 2.92. The second-order valence-electron chi connectivity index (χ2n) is 7.45. The number of anilines is 1. The average molecular weight is 442 g/mol. The third-order valence-electron chi connectivity index (χ3n) is 4.46. The van der Waals surface area contributed by atoms with Crippen LogP contribution in [-0.2, 0) is 10.0 Å². The summed E-state index contributed by atoms with van der Waals surface area (Å²) in [7, 11) is -3.77. The molecule has 1 aromatic heterocycles. The van der Waals surface area contributed by atoms with Crippen molar-refractivity contribution in [3.63, 3.8) is 0 Å². The summed E-state index contributed by atoms with van der Waals surface area (Å²) in [5.74, 6) is 1.83. The molecule has 0 saturated heterocycles. The number of fused-ring (bicyclic) bond motifs is 1. The molecule has 8 nitrogen and oxygen atoms in total. The lowest BCUT2D eigenvalue weighted by molar-refractivity contribution is 0.171. The van der Waals surface area contributed by atoms with Crippen LogP contribution in [0, 0.1) is 5.92 Å². The van der Waals surface area contributed by atoms with Gasteiger partial charge in [0.1, 0.15) is 13.2 Å². The van der Waals surface area contributed by atoms with Crippen LogP contribution >= 0.6 is 0 Å². The van der Waals surface area contributed by atoms with E-state index in [2.05, 4.69) is 28.8 Å². The SMILES string of the molecule is CC(C)COc1ccc(-c2ccc(NS(=O)(=O)c3ccc4c(c3)OCCO4)cc2)nn1. The fourth-order valence-corrected chi connectivity index (χ4v) is 3.99. The Kier molecular flexibility index (Phi) is 5.94. The second-order valence-corrected chi connectivity index (χ2v) is 9.13. The standard InChI is InChI=1S/C22H23N3O5S/c1-15(2)14-30-22-10-8-19(23-24-22)16-3-5-17(6-4-16)25-31(26,27)18-7-9-20-21(13-18)29-12-11-28-20/h3-10,13,15,25H,11-12,14H2,1-2H3. The van der Waals surface area contributed by atoms with Crippen LogP contribution in [0.5, 0.6) is 17.4 Å². The highest BCUT2D eigenvalue weighted by Crippen LogP contribution is 2.33. The monoisotopic (exact) mass is 441 g/mol. The van der Waals surface area contributed by atoms with Gasteiger partial charge in [0.2, 0.25) is 5.88 Å². The molecule has 0 bridgehead atoms. The number of aromatic nitrogens is 2. The zero-order chi connectivity index (χ0) is 21.8. The molecular weight excluding hydrogens is 418 g/mol. The Hall–Kier alpha value is -3.33. The molecule has 1 N–H and O–H groups in total. The first-order valence-corrected chi connectivity index (χ1v) is 11.4. The highest BCUT2D eigenvalue weighted by atomic mass is 32.2. The molecule has 0 unspecified atom stereocenters. The van der Waals surface area contributed by atoms with Gasteiger partial charge in [0.25, 0.3) is 10.0 Å². The summed E-state index contributed by atoms with van der Waals surface area (Å²) in [5, 5.41) is 8.26. The van der Waals surface area contributed by atoms with E-state index in [-0.39, 0.29) is 4.90 Å². The van der Waals surface area contributed by atoms with Crippen LogP contribution in [0.25, 0.3) is 11.3 Å². The van der Waals surface area contributed by atoms with E-state index in [1.165, 1.54) is 12.1 Å². The van der Waals surface area contributed by atoms with Gasteiger partial charge in [-0.3, -0.25) is 4.72 Å². The van der Waals surface area contributed by atoms with Gasteiger partial charge in [-0.2, -0.15) is 0 Å². The first-order chi connectivity index (χ1) is 14.9. The van der Waals surface area contributed by atoms with Gasteiger partial charge in [-0.15, -0.1) is 10.2 Å². The zero-order valence-corrected chi connectivity index (χ0v) is 18.1. The van der Waals surface area contributed by atoms with Crippen LogP contribution in [0.1, 0.15) is 13.8 Å². The second kappa shape index (κ2) is 8.81. The highest BCUT2D eigenvalue weighted by molar-refractivity contribution is 7.92. The molecule has 31 heavy (non-hydrogen) atoms. The predicted octanol–water partition coefficient (Wildman–Crippen LogP) is 3.75. The first kappa shape index (κ1) is 20.9. The summed E-state index contributed by atoms with van der Waals surface area (Å²) >= 11 is 0. The molecule has 0 radical (unpaired) electrons. The van der Waals surface area contributed by atoms with Crippen LogP contribution in [0.2, 0.25) is 0 Å². The van der Waals surface area contributed by atoms with Crippen molar-refractivity contribution in [3.05, 3.63) is 54.6 Å². The number of nitrogens with zero attached hydrogens (tertiary/aromatic N) is 2. The lowest BCUT2D eigenvalue weighted by Crippen LogP contribution is -2.17. The molecule has 2 heterocycles. The normalized spacial score (nSPS) is 13.1. The summed E-state index contributed by atoms with van der Waals surface area (Å²) in [6.07, 6.45) is 0. The molecule has 162 valence electrons. The molecule has 0 amide bonds. The number of nitrogens with one attached hydrogen (secondary N) is 1. The lowest BCUT2D eigenvalue weighted by Gasteiger charge is -2.19. The Morgan fingerprint density at radius 1 is 0.968 bits per heavy atom. The summed E-state index contributed by atoms with van der Waals surface area (Å²) in [6, 6.07) is 15.0. The van der Waals surface area contributed by atoms with Crippen LogP contribution in [0.4, 0.5) is 5.69 Å². The smallest absolute Gasteiger partial charge is 0.262 e. The van der Waals surface area contributed by atoms with Gasteiger partial charge < -0.3 is 14.2 Å². The number of benzene rings is 2. The molecule has 3 aromatic rings. The van der Waals surface area contributed by atoms with Crippen LogP contribution in [0.3, 0.4) is 0 Å². The van der Waals surface area contributed by atoms with Gasteiger partial charge in [0.15, 0.2) is 11.5 Å². The summed E-state index contributed by atoms with van der Waals surface area (Å²) in [5.41, 5.74) is 1.91. The Morgan fingerprint density at radius 2 is 1.71 bits per heavy atom. The third-order valence-corrected chi connectivity index (χ3v) is 5.84. The van der Waals surface area contributed by atoms with Gasteiger partial charge in [0, 0.05) is 23.4 Å². The quantitative estimate of drug-likeness (QED) is 0.596. The highest BCUT2D eigenvalue weighted by Gasteiger charge is 2.19. The Balaban J connectivity index is 1.45. The molecule has 1 aliphatic heterocycles. The average Bonchev–Trinajstić information content (AvgIpc) is 2.78. The molecule has 0 atom stereocenters. The Labute approximate surface area is 181 Å². The Morgan fingerprint density at radius 3 is 2.39 bits per heavy atom. The Bertz CT molecular complexity index is 1150. The molecule has 0 aliphatic carbocycles. The number of hydrogen-bond donors (Lipinski definition) is 1. The van der Waals surface area contributed by atoms with E-state index < -0.39 is 10.0 Å². The maximum atomic E-state index is 12.7. The van der Waals surface area contributed by atoms with Crippen molar-refractivity contribution in [2.75, 3.05) is 24.5 Å². The fraction of sp³-hybridized carbons (Fsp3) is 0.273. The van der Waals surface area contributed by atoms with Crippen molar-refractivity contribution in [1.29, 1.82) is 0 Å². The summed E-state index contributed by atoms with van der Waals surface area (Å²) in [4.78, 5) is 0.101. The molecule has 2 aromatic carbocycles. The third kappa shape index (κ3) is 5.05. The van der Waals surface area contributed by atoms with E-state index in [0.717, 1.165) is 5.56 Å². The minimum Gasteiger partial charge on any atom is -0.486 e. The molecule has 0 saturated carbocycles. The topological polar surface area (TPSA) is 99.6 Å². The number of sulfonamides is 1. The molecule has 9 heteroatoms. The minimum absolute atomic E-state index is 0.101. The van der Waals surface area contributed by atoms with E-state index in [0.29, 0.717) is 54.5 Å². The van der Waals surface area contributed by atoms with E-state index in [1.54, 1.807) is 36.4 Å². The van der Waals surface area contributed by atoms with Gasteiger partial charge in [-0.1, -0.05) is 26.0 Å². The van der Waals surface area contributed by atoms with Crippen molar-refractivity contribution >= 4 is 15.7 Å². The number of rotatable bonds is 7. The number of hydrogen-bond acceptors (Lipinski definition) is 7. The largest absolute Gasteiger partial charge is 0.486 e.